The van der Waals surface area contributed by atoms with Crippen molar-refractivity contribution in [1.29, 1.82) is 0 Å². The van der Waals surface area contributed by atoms with Crippen LogP contribution in [0, 0.1) is 5.82 Å². The van der Waals surface area contributed by atoms with Crippen LogP contribution in [0.2, 0.25) is 0 Å². The van der Waals surface area contributed by atoms with E-state index in [1.54, 1.807) is 6.07 Å². The number of anilines is 1. The summed E-state index contributed by atoms with van der Waals surface area (Å²) in [6.07, 6.45) is 1.37. The maximum atomic E-state index is 13.8. The highest BCUT2D eigenvalue weighted by atomic mass is 32.2. The summed E-state index contributed by atoms with van der Waals surface area (Å²) < 4.78 is 24.5. The van der Waals surface area contributed by atoms with Crippen LogP contribution in [0.4, 0.5) is 10.1 Å². The van der Waals surface area contributed by atoms with Gasteiger partial charge in [-0.1, -0.05) is 30.0 Å². The molecule has 8 nitrogen and oxygen atoms in total. The Morgan fingerprint density at radius 3 is 2.91 bits per heavy atom. The van der Waals surface area contributed by atoms with E-state index in [0.717, 1.165) is 41.0 Å². The monoisotopic (exact) mass is 456 g/mol. The number of para-hydroxylation sites is 1. The van der Waals surface area contributed by atoms with Crippen molar-refractivity contribution in [2.24, 2.45) is 10.2 Å². The van der Waals surface area contributed by atoms with Crippen molar-refractivity contribution in [3.63, 3.8) is 0 Å². The molecule has 166 valence electrons. The van der Waals surface area contributed by atoms with Crippen molar-refractivity contribution in [2.75, 3.05) is 12.1 Å². The smallest absolute Gasteiger partial charge is 0.238 e. The first-order valence-electron chi connectivity index (χ1n) is 9.99. The van der Waals surface area contributed by atoms with E-state index in [-0.39, 0.29) is 30.0 Å². The summed E-state index contributed by atoms with van der Waals surface area (Å²) in [5.74, 6) is 0.126. The number of amidine groups is 1. The molecule has 2 heterocycles. The second kappa shape index (κ2) is 9.82. The topological polar surface area (TPSA) is 101 Å². The fraction of sp³-hybridized carbons (Fsp3) is 0.273. The Kier molecular flexibility index (Phi) is 6.69. The number of hydrogen-bond donors (Lipinski definition) is 2. The normalized spacial score (nSPS) is 19.1. The summed E-state index contributed by atoms with van der Waals surface area (Å²) in [5, 5.41) is 12.9. The fourth-order valence-corrected chi connectivity index (χ4v) is 4.05. The zero-order valence-electron chi connectivity index (χ0n) is 17.3. The number of rotatable bonds is 6. The molecule has 0 radical (unpaired) electrons. The van der Waals surface area contributed by atoms with E-state index in [4.69, 9.17) is 9.47 Å². The lowest BCUT2D eigenvalue weighted by atomic mass is 10.1. The van der Waals surface area contributed by atoms with Gasteiger partial charge >= 0.3 is 0 Å². The molecule has 1 fully saturated rings. The fourth-order valence-electron chi connectivity index (χ4n) is 3.12. The lowest BCUT2D eigenvalue weighted by molar-refractivity contribution is -0.123. The third-order valence-corrected chi connectivity index (χ3v) is 5.89. The van der Waals surface area contributed by atoms with Crippen LogP contribution in [-0.2, 0) is 16.0 Å². The lowest BCUT2D eigenvalue weighted by Gasteiger charge is -2.21. The van der Waals surface area contributed by atoms with E-state index in [1.807, 2.05) is 25.1 Å². The molecular formula is C22H21FN4O4S. The number of ether oxygens (including phenoxy) is 2. The first kappa shape index (κ1) is 21.8. The number of amides is 2. The van der Waals surface area contributed by atoms with Gasteiger partial charge in [0.25, 0.3) is 0 Å². The molecule has 0 aliphatic carbocycles. The van der Waals surface area contributed by atoms with Gasteiger partial charge in [-0.2, -0.15) is 5.10 Å². The van der Waals surface area contributed by atoms with Crippen LogP contribution in [-0.4, -0.2) is 34.7 Å². The number of halogens is 1. The van der Waals surface area contributed by atoms with Crippen LogP contribution in [0.15, 0.2) is 52.7 Å². The zero-order valence-corrected chi connectivity index (χ0v) is 18.1. The van der Waals surface area contributed by atoms with Crippen molar-refractivity contribution in [3.05, 3.63) is 53.8 Å². The van der Waals surface area contributed by atoms with Crippen LogP contribution < -0.4 is 20.1 Å². The largest absolute Gasteiger partial charge is 0.454 e. The van der Waals surface area contributed by atoms with Crippen LogP contribution in [0.3, 0.4) is 0 Å². The van der Waals surface area contributed by atoms with Gasteiger partial charge in [0.1, 0.15) is 11.1 Å². The van der Waals surface area contributed by atoms with Crippen molar-refractivity contribution >= 4 is 40.1 Å². The van der Waals surface area contributed by atoms with E-state index in [0.29, 0.717) is 6.42 Å². The number of fused-ring (bicyclic) bond motifs is 1. The third-order valence-electron chi connectivity index (χ3n) is 4.82. The highest BCUT2D eigenvalue weighted by molar-refractivity contribution is 8.15. The van der Waals surface area contributed by atoms with Gasteiger partial charge in [0.15, 0.2) is 16.7 Å². The van der Waals surface area contributed by atoms with Gasteiger partial charge in [0.2, 0.25) is 18.6 Å². The molecule has 2 aromatic rings. The van der Waals surface area contributed by atoms with Gasteiger partial charge in [0.05, 0.1) is 5.69 Å². The van der Waals surface area contributed by atoms with E-state index in [1.165, 1.54) is 18.2 Å². The van der Waals surface area contributed by atoms with E-state index in [9.17, 15) is 14.0 Å². The van der Waals surface area contributed by atoms with E-state index < -0.39 is 17.0 Å². The molecule has 0 saturated carbocycles. The molecule has 4 rings (SSSR count). The average molecular weight is 456 g/mol. The SMILES string of the molecule is CC(CCc1ccc2c(c1)OCO2)=N/N=C1\NC(=O)CC(C(=O)Nc2ccccc2F)S1. The second-order valence-electron chi connectivity index (χ2n) is 7.26. The molecule has 0 bridgehead atoms. The maximum absolute atomic E-state index is 13.8. The first-order chi connectivity index (χ1) is 15.5. The van der Waals surface area contributed by atoms with Gasteiger partial charge in [-0.05, 0) is 49.6 Å². The maximum Gasteiger partial charge on any atom is 0.238 e. The summed E-state index contributed by atoms with van der Waals surface area (Å²) >= 11 is 1.08. The van der Waals surface area contributed by atoms with Gasteiger partial charge in [0, 0.05) is 12.1 Å². The number of benzene rings is 2. The van der Waals surface area contributed by atoms with Crippen molar-refractivity contribution in [1.82, 2.24) is 5.32 Å². The van der Waals surface area contributed by atoms with Crippen molar-refractivity contribution in [3.8, 4) is 11.5 Å². The quantitative estimate of drug-likeness (QED) is 0.512. The van der Waals surface area contributed by atoms with Crippen LogP contribution in [0.1, 0.15) is 25.3 Å². The third kappa shape index (κ3) is 5.44. The number of carbonyl (C=O) groups is 2. The molecule has 1 saturated heterocycles. The summed E-state index contributed by atoms with van der Waals surface area (Å²) in [6.45, 7) is 2.08. The predicted octanol–water partition coefficient (Wildman–Crippen LogP) is 3.48. The van der Waals surface area contributed by atoms with E-state index in [2.05, 4.69) is 20.8 Å². The molecule has 2 amide bonds. The molecule has 2 aliphatic rings. The number of aryl methyl sites for hydroxylation is 1. The molecule has 0 spiro atoms. The number of nitrogens with zero attached hydrogens (tertiary/aromatic N) is 2. The Hall–Kier alpha value is -3.40. The van der Waals surface area contributed by atoms with Crippen LogP contribution in [0.25, 0.3) is 0 Å². The zero-order chi connectivity index (χ0) is 22.5. The van der Waals surface area contributed by atoms with Crippen LogP contribution in [0.5, 0.6) is 11.5 Å². The number of nitrogens with one attached hydrogen (secondary N) is 2. The molecule has 10 heteroatoms. The van der Waals surface area contributed by atoms with Gasteiger partial charge < -0.3 is 20.1 Å². The highest BCUT2D eigenvalue weighted by Crippen LogP contribution is 2.32. The predicted molar refractivity (Wildman–Crippen MR) is 121 cm³/mol. The van der Waals surface area contributed by atoms with Crippen LogP contribution >= 0.6 is 11.8 Å². The molecule has 0 aromatic heterocycles. The molecule has 32 heavy (non-hydrogen) atoms. The Bertz CT molecular complexity index is 1110. The van der Waals surface area contributed by atoms with Crippen molar-refractivity contribution < 1.29 is 23.5 Å². The summed E-state index contributed by atoms with van der Waals surface area (Å²) in [6, 6.07) is 11.7. The summed E-state index contributed by atoms with van der Waals surface area (Å²) in [5.41, 5.74) is 1.92. The summed E-state index contributed by atoms with van der Waals surface area (Å²) in [4.78, 5) is 24.5. The van der Waals surface area contributed by atoms with Gasteiger partial charge in [-0.15, -0.1) is 5.10 Å². The molecule has 1 unspecified atom stereocenters. The van der Waals surface area contributed by atoms with Gasteiger partial charge in [-0.3, -0.25) is 9.59 Å². The minimum Gasteiger partial charge on any atom is -0.454 e. The highest BCUT2D eigenvalue weighted by Gasteiger charge is 2.30. The minimum atomic E-state index is -0.730. The Morgan fingerprint density at radius 1 is 1.25 bits per heavy atom. The second-order valence-corrected chi connectivity index (χ2v) is 8.45. The van der Waals surface area contributed by atoms with E-state index >= 15 is 0 Å². The Balaban J connectivity index is 1.35. The molecule has 2 N–H and O–H groups in total. The molecule has 1 atom stereocenters. The average Bonchev–Trinajstić information content (AvgIpc) is 3.25. The number of thioether (sulfide) groups is 1. The lowest BCUT2D eigenvalue weighted by Crippen LogP contribution is -2.42. The van der Waals surface area contributed by atoms with Gasteiger partial charge in [-0.25, -0.2) is 4.39 Å². The summed E-state index contributed by atoms with van der Waals surface area (Å²) in [7, 11) is 0. The molecular weight excluding hydrogens is 435 g/mol. The molecule has 2 aromatic carbocycles. The first-order valence-corrected chi connectivity index (χ1v) is 10.9. The molecule has 2 aliphatic heterocycles. The Labute approximate surface area is 188 Å². The van der Waals surface area contributed by atoms with Crippen molar-refractivity contribution in [2.45, 2.75) is 31.4 Å². The Morgan fingerprint density at radius 2 is 2.06 bits per heavy atom. The number of hydrogen-bond acceptors (Lipinski definition) is 7. The minimum absolute atomic E-state index is 0.0310. The standard InChI is InChI=1S/C22H21FN4O4S/c1-13(6-7-14-8-9-17-18(10-14)31-12-30-17)26-27-22-25-20(28)11-19(32-22)21(29)24-16-5-3-2-4-15(16)23/h2-5,8-10,19H,6-7,11-12H2,1H3,(H,24,29)(H,25,27,28). The number of carbonyl (C=O) groups excluding carboxylic acids is 2.